The molecule has 1 aliphatic rings. The van der Waals surface area contributed by atoms with Crippen LogP contribution >= 0.6 is 0 Å². The molecule has 6 nitrogen and oxygen atoms in total. The highest BCUT2D eigenvalue weighted by atomic mass is 19.1. The van der Waals surface area contributed by atoms with Crippen LogP contribution in [0.1, 0.15) is 28.8 Å². The van der Waals surface area contributed by atoms with Crippen LogP contribution in [0.15, 0.2) is 65.6 Å². The number of benzene rings is 2. The lowest BCUT2D eigenvalue weighted by Gasteiger charge is -2.23. The lowest BCUT2D eigenvalue weighted by atomic mass is 10.0. The smallest absolute Gasteiger partial charge is 0.267 e. The molecule has 1 amide bonds. The van der Waals surface area contributed by atoms with Gasteiger partial charge in [-0.25, -0.2) is 13.5 Å². The zero-order valence-electron chi connectivity index (χ0n) is 15.3. The second kappa shape index (κ2) is 7.56. The molecule has 0 bridgehead atoms. The number of amides is 1. The molecular formula is C21H18F2N4O2. The van der Waals surface area contributed by atoms with Gasteiger partial charge in [-0.1, -0.05) is 30.3 Å². The Labute approximate surface area is 165 Å². The van der Waals surface area contributed by atoms with Gasteiger partial charge in [-0.2, -0.15) is 5.10 Å². The van der Waals surface area contributed by atoms with Gasteiger partial charge in [0.25, 0.3) is 5.56 Å². The number of aromatic nitrogens is 2. The number of carbonyl (C=O) groups excluding carboxylic acids is 1. The summed E-state index contributed by atoms with van der Waals surface area (Å²) in [6.07, 6.45) is 1.83. The lowest BCUT2D eigenvalue weighted by Crippen LogP contribution is -2.46. The molecule has 4 rings (SSSR count). The maximum absolute atomic E-state index is 14.5. The molecule has 0 spiro atoms. The lowest BCUT2D eigenvalue weighted by molar-refractivity contribution is -0.124. The van der Waals surface area contributed by atoms with E-state index in [4.69, 9.17) is 5.73 Å². The highest BCUT2D eigenvalue weighted by molar-refractivity contribution is 5.84. The molecule has 2 unspecified atom stereocenters. The molecule has 148 valence electrons. The number of halogens is 2. The fourth-order valence-electron chi connectivity index (χ4n) is 3.70. The van der Waals surface area contributed by atoms with Gasteiger partial charge in [-0.05, 0) is 29.7 Å². The Balaban J connectivity index is 1.69. The number of nitrogens with one attached hydrogen (secondary N) is 1. The minimum Gasteiger partial charge on any atom is -0.349 e. The van der Waals surface area contributed by atoms with E-state index in [9.17, 15) is 18.4 Å². The first-order valence-electron chi connectivity index (χ1n) is 9.08. The molecule has 1 heterocycles. The van der Waals surface area contributed by atoms with Crippen molar-refractivity contribution in [2.45, 2.75) is 24.5 Å². The topological polar surface area (TPSA) is 90.0 Å². The minimum atomic E-state index is -1.40. The van der Waals surface area contributed by atoms with Crippen LogP contribution in [0.4, 0.5) is 8.78 Å². The minimum absolute atomic E-state index is 0.159. The Morgan fingerprint density at radius 1 is 1.17 bits per heavy atom. The average Bonchev–Trinajstić information content (AvgIpc) is 3.01. The van der Waals surface area contributed by atoms with Gasteiger partial charge in [-0.15, -0.1) is 0 Å². The summed E-state index contributed by atoms with van der Waals surface area (Å²) in [7, 11) is 0. The van der Waals surface area contributed by atoms with Crippen molar-refractivity contribution in [1.82, 2.24) is 15.1 Å². The molecule has 0 saturated heterocycles. The normalized spacial score (nSPS) is 18.9. The van der Waals surface area contributed by atoms with E-state index in [1.54, 1.807) is 0 Å². The molecule has 29 heavy (non-hydrogen) atoms. The Kier molecular flexibility index (Phi) is 4.94. The molecule has 2 aromatic carbocycles. The van der Waals surface area contributed by atoms with Crippen LogP contribution in [0, 0.1) is 11.6 Å². The maximum Gasteiger partial charge on any atom is 0.267 e. The van der Waals surface area contributed by atoms with E-state index in [-0.39, 0.29) is 5.56 Å². The molecule has 0 fully saturated rings. The van der Waals surface area contributed by atoms with Crippen molar-refractivity contribution in [3.05, 3.63) is 99.5 Å². The Hall–Kier alpha value is -3.39. The van der Waals surface area contributed by atoms with Gasteiger partial charge in [-0.3, -0.25) is 9.59 Å². The summed E-state index contributed by atoms with van der Waals surface area (Å²) in [5.74, 6) is -2.38. The zero-order valence-corrected chi connectivity index (χ0v) is 15.3. The average molecular weight is 396 g/mol. The molecule has 0 aliphatic heterocycles. The number of nitrogens with two attached hydrogens (primary N) is 1. The third-order valence-corrected chi connectivity index (χ3v) is 5.11. The molecule has 3 aromatic rings. The largest absolute Gasteiger partial charge is 0.349 e. The van der Waals surface area contributed by atoms with Gasteiger partial charge in [0.2, 0.25) is 5.91 Å². The van der Waals surface area contributed by atoms with E-state index < -0.39 is 41.2 Å². The summed E-state index contributed by atoms with van der Waals surface area (Å²) in [6, 6.07) is 10.8. The van der Waals surface area contributed by atoms with E-state index in [1.807, 2.05) is 24.3 Å². The van der Waals surface area contributed by atoms with Gasteiger partial charge < -0.3 is 11.1 Å². The Morgan fingerprint density at radius 3 is 2.69 bits per heavy atom. The molecule has 1 aromatic heterocycles. The monoisotopic (exact) mass is 396 g/mol. The summed E-state index contributed by atoms with van der Waals surface area (Å²) in [5, 5.41) is 6.74. The van der Waals surface area contributed by atoms with E-state index in [2.05, 4.69) is 10.4 Å². The van der Waals surface area contributed by atoms with E-state index in [0.717, 1.165) is 27.9 Å². The van der Waals surface area contributed by atoms with Crippen LogP contribution in [0.2, 0.25) is 0 Å². The standard InChI is InChI=1S/C21H18F2N4O2/c22-13-7-8-15(16(23)11-13)20(27-18(28)6-3-9-25-27)21(29)26-17-10-12-4-1-2-5-14(12)19(17)24/h1-9,11,17,19-20H,10,24H2,(H,26,29)/t17?,19-,20?/m0/s1. The van der Waals surface area contributed by atoms with Crippen LogP contribution < -0.4 is 16.6 Å². The van der Waals surface area contributed by atoms with Crippen molar-refractivity contribution in [3.8, 4) is 0 Å². The first-order valence-corrected chi connectivity index (χ1v) is 9.08. The quantitative estimate of drug-likeness (QED) is 0.704. The van der Waals surface area contributed by atoms with Crippen LogP contribution in [0.3, 0.4) is 0 Å². The van der Waals surface area contributed by atoms with Gasteiger partial charge in [0.05, 0.1) is 12.1 Å². The highest BCUT2D eigenvalue weighted by Gasteiger charge is 2.34. The van der Waals surface area contributed by atoms with Crippen molar-refractivity contribution in [2.75, 3.05) is 0 Å². The number of fused-ring (bicyclic) bond motifs is 1. The summed E-state index contributed by atoms with van der Waals surface area (Å²) >= 11 is 0. The van der Waals surface area contributed by atoms with Crippen LogP contribution in [0.5, 0.6) is 0 Å². The van der Waals surface area contributed by atoms with Crippen molar-refractivity contribution >= 4 is 5.91 Å². The maximum atomic E-state index is 14.5. The first-order chi connectivity index (χ1) is 14.0. The number of carbonyl (C=O) groups is 1. The van der Waals surface area contributed by atoms with E-state index >= 15 is 0 Å². The molecular weight excluding hydrogens is 378 g/mol. The Bertz CT molecular complexity index is 1130. The number of nitrogens with zero attached hydrogens (tertiary/aromatic N) is 2. The summed E-state index contributed by atoms with van der Waals surface area (Å²) in [6.45, 7) is 0. The highest BCUT2D eigenvalue weighted by Crippen LogP contribution is 2.30. The fourth-order valence-corrected chi connectivity index (χ4v) is 3.70. The predicted molar refractivity (Wildman–Crippen MR) is 102 cm³/mol. The predicted octanol–water partition coefficient (Wildman–Crippen LogP) is 1.85. The van der Waals surface area contributed by atoms with Gasteiger partial charge in [0.1, 0.15) is 11.6 Å². The Morgan fingerprint density at radius 2 is 1.97 bits per heavy atom. The fraction of sp³-hybridized carbons (Fsp3) is 0.190. The summed E-state index contributed by atoms with van der Waals surface area (Å²) in [4.78, 5) is 25.5. The molecule has 3 N–H and O–H groups in total. The van der Waals surface area contributed by atoms with Crippen molar-refractivity contribution in [3.63, 3.8) is 0 Å². The molecule has 0 radical (unpaired) electrons. The molecule has 1 aliphatic carbocycles. The number of hydrogen-bond acceptors (Lipinski definition) is 4. The SMILES string of the molecule is N[C@H]1c2ccccc2CC1NC(=O)C(c1ccc(F)cc1F)n1ncccc1=O. The van der Waals surface area contributed by atoms with Crippen molar-refractivity contribution < 1.29 is 13.6 Å². The second-order valence-corrected chi connectivity index (χ2v) is 6.92. The third kappa shape index (κ3) is 3.54. The second-order valence-electron chi connectivity index (χ2n) is 6.92. The van der Waals surface area contributed by atoms with Gasteiger partial charge in [0, 0.05) is 23.9 Å². The first kappa shape index (κ1) is 18.9. The summed E-state index contributed by atoms with van der Waals surface area (Å²) in [5.41, 5.74) is 7.47. The van der Waals surface area contributed by atoms with Crippen LogP contribution in [-0.2, 0) is 11.2 Å². The zero-order chi connectivity index (χ0) is 20.5. The van der Waals surface area contributed by atoms with E-state index in [0.29, 0.717) is 12.5 Å². The van der Waals surface area contributed by atoms with Gasteiger partial charge >= 0.3 is 0 Å². The van der Waals surface area contributed by atoms with Crippen LogP contribution in [0.25, 0.3) is 0 Å². The van der Waals surface area contributed by atoms with Gasteiger partial charge in [0.15, 0.2) is 6.04 Å². The molecule has 3 atom stereocenters. The summed E-state index contributed by atoms with van der Waals surface area (Å²) < 4.78 is 28.8. The van der Waals surface area contributed by atoms with Crippen LogP contribution in [-0.4, -0.2) is 21.7 Å². The third-order valence-electron chi connectivity index (χ3n) is 5.11. The molecule has 0 saturated carbocycles. The number of hydrogen-bond donors (Lipinski definition) is 2. The number of rotatable bonds is 4. The molecule has 8 heteroatoms. The van der Waals surface area contributed by atoms with Crippen molar-refractivity contribution in [1.29, 1.82) is 0 Å². The van der Waals surface area contributed by atoms with Crippen molar-refractivity contribution in [2.24, 2.45) is 5.73 Å². The van der Waals surface area contributed by atoms with E-state index in [1.165, 1.54) is 18.3 Å².